The summed E-state index contributed by atoms with van der Waals surface area (Å²) in [5.74, 6) is -0.349. The zero-order chi connectivity index (χ0) is 14.9. The Labute approximate surface area is 126 Å². The average molecular weight is 298 g/mol. The first-order chi connectivity index (χ1) is 10.8. The van der Waals surface area contributed by atoms with E-state index in [1.165, 1.54) is 12.3 Å². The molecule has 22 heavy (non-hydrogen) atoms. The zero-order valence-electron chi connectivity index (χ0n) is 11.9. The highest BCUT2D eigenvalue weighted by Crippen LogP contribution is 2.27. The lowest BCUT2D eigenvalue weighted by molar-refractivity contribution is 0.122. The Morgan fingerprint density at radius 1 is 1.14 bits per heavy atom. The molecule has 4 heterocycles. The van der Waals surface area contributed by atoms with Gasteiger partial charge in [0, 0.05) is 30.2 Å². The van der Waals surface area contributed by atoms with E-state index >= 15 is 0 Å². The van der Waals surface area contributed by atoms with Gasteiger partial charge in [-0.15, -0.1) is 0 Å². The molecule has 112 valence electrons. The van der Waals surface area contributed by atoms with Crippen molar-refractivity contribution in [2.24, 2.45) is 0 Å². The molecule has 0 aromatic carbocycles. The molecule has 0 saturated carbocycles. The monoisotopic (exact) mass is 298 g/mol. The van der Waals surface area contributed by atoms with E-state index in [9.17, 15) is 4.39 Å². The fourth-order valence-corrected chi connectivity index (χ4v) is 2.74. The normalized spacial score (nSPS) is 15.4. The van der Waals surface area contributed by atoms with Crippen LogP contribution in [0.2, 0.25) is 0 Å². The van der Waals surface area contributed by atoms with Gasteiger partial charge in [-0.05, 0) is 18.2 Å². The van der Waals surface area contributed by atoms with Gasteiger partial charge < -0.3 is 14.6 Å². The number of H-pyrrole nitrogens is 1. The smallest absolute Gasteiger partial charge is 0.142 e. The van der Waals surface area contributed by atoms with Crippen LogP contribution in [0.4, 0.5) is 10.1 Å². The molecule has 3 aromatic heterocycles. The first-order valence-corrected chi connectivity index (χ1v) is 7.23. The summed E-state index contributed by atoms with van der Waals surface area (Å²) in [4.78, 5) is 13.9. The minimum atomic E-state index is -0.349. The van der Waals surface area contributed by atoms with Crippen molar-refractivity contribution >= 4 is 16.7 Å². The number of nitrogens with one attached hydrogen (secondary N) is 1. The van der Waals surface area contributed by atoms with Gasteiger partial charge in [0.2, 0.25) is 0 Å². The van der Waals surface area contributed by atoms with Gasteiger partial charge in [-0.25, -0.2) is 9.37 Å². The number of nitrogens with zero attached hydrogens (tertiary/aromatic N) is 3. The summed E-state index contributed by atoms with van der Waals surface area (Å²) >= 11 is 0. The van der Waals surface area contributed by atoms with Gasteiger partial charge in [0.1, 0.15) is 11.5 Å². The Balaban J connectivity index is 1.68. The van der Waals surface area contributed by atoms with Gasteiger partial charge in [-0.1, -0.05) is 0 Å². The molecule has 1 fully saturated rings. The lowest BCUT2D eigenvalue weighted by Gasteiger charge is -2.28. The van der Waals surface area contributed by atoms with Crippen molar-refractivity contribution in [3.63, 3.8) is 0 Å². The number of hydrogen-bond acceptors (Lipinski definition) is 4. The Kier molecular flexibility index (Phi) is 3.23. The summed E-state index contributed by atoms with van der Waals surface area (Å²) in [7, 11) is 0. The van der Waals surface area contributed by atoms with Crippen LogP contribution < -0.4 is 4.90 Å². The first kappa shape index (κ1) is 13.2. The number of anilines is 1. The van der Waals surface area contributed by atoms with E-state index in [1.807, 2.05) is 24.5 Å². The van der Waals surface area contributed by atoms with Crippen molar-refractivity contribution in [2.45, 2.75) is 0 Å². The number of morpholine rings is 1. The summed E-state index contributed by atoms with van der Waals surface area (Å²) in [5, 5.41) is 0.742. The maximum absolute atomic E-state index is 13.4. The second-order valence-corrected chi connectivity index (χ2v) is 5.25. The Morgan fingerprint density at radius 3 is 2.77 bits per heavy atom. The molecule has 1 N–H and O–H groups in total. The molecule has 3 aromatic rings. The molecular formula is C16H15FN4O. The van der Waals surface area contributed by atoms with Crippen molar-refractivity contribution in [3.8, 4) is 11.3 Å². The third-order valence-electron chi connectivity index (χ3n) is 3.90. The lowest BCUT2D eigenvalue weighted by atomic mass is 10.1. The molecule has 1 aliphatic heterocycles. The van der Waals surface area contributed by atoms with Crippen molar-refractivity contribution in [3.05, 3.63) is 42.6 Å². The maximum Gasteiger partial charge on any atom is 0.142 e. The van der Waals surface area contributed by atoms with Crippen LogP contribution >= 0.6 is 0 Å². The van der Waals surface area contributed by atoms with Crippen molar-refractivity contribution < 1.29 is 9.13 Å². The SMILES string of the molecule is Fc1cnc2[nH]cc(-c3ccc(N4CCOCC4)cn3)c2c1. The van der Waals surface area contributed by atoms with Gasteiger partial charge in [0.25, 0.3) is 0 Å². The quantitative estimate of drug-likeness (QED) is 0.790. The maximum atomic E-state index is 13.4. The second kappa shape index (κ2) is 5.38. The summed E-state index contributed by atoms with van der Waals surface area (Å²) < 4.78 is 18.8. The van der Waals surface area contributed by atoms with E-state index in [0.29, 0.717) is 5.65 Å². The number of rotatable bonds is 2. The summed E-state index contributed by atoms with van der Waals surface area (Å²) in [5.41, 5.74) is 3.40. The van der Waals surface area contributed by atoms with E-state index < -0.39 is 0 Å². The Morgan fingerprint density at radius 2 is 2.00 bits per heavy atom. The number of pyridine rings is 2. The van der Waals surface area contributed by atoms with Crippen LogP contribution in [0.1, 0.15) is 0 Å². The van der Waals surface area contributed by atoms with Crippen LogP contribution in [-0.4, -0.2) is 41.3 Å². The molecule has 6 heteroatoms. The minimum absolute atomic E-state index is 0.349. The standard InChI is InChI=1S/C16H15FN4O/c17-11-7-13-14(10-20-16(13)19-8-11)15-2-1-12(9-18-15)21-3-5-22-6-4-21/h1-2,7-10H,3-6H2,(H,19,20). The number of ether oxygens (including phenoxy) is 1. The van der Waals surface area contributed by atoms with Crippen LogP contribution in [0.5, 0.6) is 0 Å². The second-order valence-electron chi connectivity index (χ2n) is 5.25. The van der Waals surface area contributed by atoms with Crippen LogP contribution in [-0.2, 0) is 4.74 Å². The topological polar surface area (TPSA) is 54.0 Å². The van der Waals surface area contributed by atoms with Crippen LogP contribution in [0.15, 0.2) is 36.8 Å². The predicted molar refractivity (Wildman–Crippen MR) is 82.3 cm³/mol. The summed E-state index contributed by atoms with van der Waals surface area (Å²) in [6, 6.07) is 5.48. The molecule has 1 aliphatic rings. The number of aromatic amines is 1. The highest BCUT2D eigenvalue weighted by atomic mass is 19.1. The van der Waals surface area contributed by atoms with E-state index in [2.05, 4.69) is 19.9 Å². The van der Waals surface area contributed by atoms with E-state index in [1.54, 1.807) is 0 Å². The van der Waals surface area contributed by atoms with Crippen LogP contribution in [0.3, 0.4) is 0 Å². The molecule has 0 unspecified atom stereocenters. The highest BCUT2D eigenvalue weighted by molar-refractivity contribution is 5.92. The number of aromatic nitrogens is 3. The van der Waals surface area contributed by atoms with E-state index in [-0.39, 0.29) is 5.82 Å². The fourth-order valence-electron chi connectivity index (χ4n) is 2.74. The van der Waals surface area contributed by atoms with Crippen LogP contribution in [0.25, 0.3) is 22.3 Å². The largest absolute Gasteiger partial charge is 0.378 e. The summed E-state index contributed by atoms with van der Waals surface area (Å²) in [6.07, 6.45) is 4.87. The predicted octanol–water partition coefficient (Wildman–Crippen LogP) is 2.60. The average Bonchev–Trinajstić information content (AvgIpc) is 2.99. The van der Waals surface area contributed by atoms with Crippen molar-refractivity contribution in [1.29, 1.82) is 0 Å². The third-order valence-corrected chi connectivity index (χ3v) is 3.90. The van der Waals surface area contributed by atoms with E-state index in [0.717, 1.165) is 48.6 Å². The highest BCUT2D eigenvalue weighted by Gasteiger charge is 2.13. The molecule has 0 bridgehead atoms. The minimum Gasteiger partial charge on any atom is -0.378 e. The molecule has 0 aliphatic carbocycles. The Hall–Kier alpha value is -2.47. The lowest BCUT2D eigenvalue weighted by Crippen LogP contribution is -2.36. The zero-order valence-corrected chi connectivity index (χ0v) is 11.9. The van der Waals surface area contributed by atoms with E-state index in [4.69, 9.17) is 4.74 Å². The number of halogens is 1. The number of fused-ring (bicyclic) bond motifs is 1. The van der Waals surface area contributed by atoms with Gasteiger partial charge >= 0.3 is 0 Å². The molecule has 0 spiro atoms. The molecular weight excluding hydrogens is 283 g/mol. The fraction of sp³-hybridized carbons (Fsp3) is 0.250. The molecule has 0 amide bonds. The molecule has 0 atom stereocenters. The molecule has 1 saturated heterocycles. The van der Waals surface area contributed by atoms with Crippen LogP contribution in [0, 0.1) is 5.82 Å². The molecule has 5 nitrogen and oxygen atoms in total. The molecule has 4 rings (SSSR count). The van der Waals surface area contributed by atoms with Gasteiger partial charge in [0.05, 0.1) is 37.0 Å². The first-order valence-electron chi connectivity index (χ1n) is 7.23. The van der Waals surface area contributed by atoms with Crippen molar-refractivity contribution in [2.75, 3.05) is 31.2 Å². The summed E-state index contributed by atoms with van der Waals surface area (Å²) in [6.45, 7) is 3.25. The Bertz CT molecular complexity index is 794. The van der Waals surface area contributed by atoms with Gasteiger partial charge in [-0.3, -0.25) is 4.98 Å². The molecule has 0 radical (unpaired) electrons. The van der Waals surface area contributed by atoms with Gasteiger partial charge in [0.15, 0.2) is 0 Å². The third kappa shape index (κ3) is 2.31. The van der Waals surface area contributed by atoms with Gasteiger partial charge in [-0.2, -0.15) is 0 Å². The number of hydrogen-bond donors (Lipinski definition) is 1. The van der Waals surface area contributed by atoms with Crippen molar-refractivity contribution in [1.82, 2.24) is 15.0 Å².